The molecule has 1 aromatic carbocycles. The summed E-state index contributed by atoms with van der Waals surface area (Å²) < 4.78 is 29.8. The summed E-state index contributed by atoms with van der Waals surface area (Å²) in [7, 11) is -1.99. The lowest BCUT2D eigenvalue weighted by atomic mass is 10.0. The van der Waals surface area contributed by atoms with Gasteiger partial charge < -0.3 is 4.74 Å². The molecule has 0 spiro atoms. The van der Waals surface area contributed by atoms with Crippen molar-refractivity contribution < 1.29 is 13.2 Å². The molecule has 0 unspecified atom stereocenters. The highest BCUT2D eigenvalue weighted by Gasteiger charge is 2.39. The van der Waals surface area contributed by atoms with Gasteiger partial charge in [-0.15, -0.1) is 23.7 Å². The SMILES string of the molecule is CC#CCC(C)(CC#CC)S(=O)(=O)c1ccc(OC)cc1. The molecular weight excluding hydrogens is 284 g/mol. The zero-order chi connectivity index (χ0) is 15.9. The largest absolute Gasteiger partial charge is 0.497 e. The number of methoxy groups -OCH3 is 1. The summed E-state index contributed by atoms with van der Waals surface area (Å²) in [5.41, 5.74) is 0. The average Bonchev–Trinajstić information content (AvgIpc) is 2.50. The Bertz CT molecular complexity index is 670. The van der Waals surface area contributed by atoms with Crippen molar-refractivity contribution in [3.05, 3.63) is 24.3 Å². The van der Waals surface area contributed by atoms with Gasteiger partial charge in [0.2, 0.25) is 0 Å². The monoisotopic (exact) mass is 304 g/mol. The molecule has 0 atom stereocenters. The van der Waals surface area contributed by atoms with Crippen molar-refractivity contribution in [2.75, 3.05) is 7.11 Å². The molecule has 0 heterocycles. The summed E-state index contributed by atoms with van der Waals surface area (Å²) in [5, 5.41) is 0. The van der Waals surface area contributed by atoms with E-state index in [2.05, 4.69) is 23.7 Å². The fraction of sp³-hybridized carbons (Fsp3) is 0.412. The number of ether oxygens (including phenoxy) is 1. The Hall–Kier alpha value is -1.91. The molecule has 0 aliphatic carbocycles. The molecule has 0 bridgehead atoms. The van der Waals surface area contributed by atoms with Gasteiger partial charge in [0.15, 0.2) is 9.84 Å². The van der Waals surface area contributed by atoms with E-state index in [4.69, 9.17) is 4.74 Å². The molecular formula is C17H20O3S. The van der Waals surface area contributed by atoms with Crippen LogP contribution in [0.4, 0.5) is 0 Å². The minimum Gasteiger partial charge on any atom is -0.497 e. The zero-order valence-corrected chi connectivity index (χ0v) is 13.7. The normalized spacial score (nSPS) is 10.9. The Kier molecular flexibility index (Phi) is 5.88. The van der Waals surface area contributed by atoms with E-state index in [-0.39, 0.29) is 17.7 Å². The fourth-order valence-electron chi connectivity index (χ4n) is 1.84. The van der Waals surface area contributed by atoms with E-state index in [1.165, 1.54) is 0 Å². The standard InChI is InChI=1S/C17H20O3S/c1-5-7-13-17(3,14-8-6-2)21(18,19)16-11-9-15(20-4)10-12-16/h9-12H,13-14H2,1-4H3. The maximum Gasteiger partial charge on any atom is 0.185 e. The molecule has 0 fully saturated rings. The van der Waals surface area contributed by atoms with Crippen LogP contribution >= 0.6 is 0 Å². The third-order valence-electron chi connectivity index (χ3n) is 3.30. The maximum absolute atomic E-state index is 12.9. The summed E-state index contributed by atoms with van der Waals surface area (Å²) in [5.74, 6) is 11.9. The average molecular weight is 304 g/mol. The van der Waals surface area contributed by atoms with Gasteiger partial charge in [-0.05, 0) is 45.0 Å². The first kappa shape index (κ1) is 17.1. The number of rotatable bonds is 5. The molecule has 0 N–H and O–H groups in total. The molecule has 4 heteroatoms. The minimum atomic E-state index is -3.53. The first-order valence-electron chi connectivity index (χ1n) is 6.59. The predicted molar refractivity (Wildman–Crippen MR) is 84.7 cm³/mol. The van der Waals surface area contributed by atoms with Crippen LogP contribution < -0.4 is 4.74 Å². The van der Waals surface area contributed by atoms with E-state index >= 15 is 0 Å². The van der Waals surface area contributed by atoms with Crippen LogP contribution in [-0.2, 0) is 9.84 Å². The summed E-state index contributed by atoms with van der Waals surface area (Å²) in [6.07, 6.45) is 0.513. The van der Waals surface area contributed by atoms with Gasteiger partial charge in [0.05, 0.1) is 16.8 Å². The van der Waals surface area contributed by atoms with Crippen molar-refractivity contribution in [2.45, 2.75) is 43.3 Å². The molecule has 1 rings (SSSR count). The van der Waals surface area contributed by atoms with Crippen LogP contribution in [0.15, 0.2) is 29.2 Å². The van der Waals surface area contributed by atoms with Crippen molar-refractivity contribution in [1.29, 1.82) is 0 Å². The lowest BCUT2D eigenvalue weighted by Gasteiger charge is -2.25. The van der Waals surface area contributed by atoms with E-state index in [9.17, 15) is 8.42 Å². The van der Waals surface area contributed by atoms with Crippen molar-refractivity contribution in [1.82, 2.24) is 0 Å². The Morgan fingerprint density at radius 1 is 1.05 bits per heavy atom. The lowest BCUT2D eigenvalue weighted by molar-refractivity contribution is 0.414. The van der Waals surface area contributed by atoms with E-state index in [1.54, 1.807) is 52.1 Å². The van der Waals surface area contributed by atoms with Crippen LogP contribution in [0, 0.1) is 23.7 Å². The first-order valence-corrected chi connectivity index (χ1v) is 8.07. The third-order valence-corrected chi connectivity index (χ3v) is 5.78. The third kappa shape index (κ3) is 3.80. The minimum absolute atomic E-state index is 0.256. The maximum atomic E-state index is 12.9. The quantitative estimate of drug-likeness (QED) is 0.785. The van der Waals surface area contributed by atoms with Gasteiger partial charge >= 0.3 is 0 Å². The van der Waals surface area contributed by atoms with Crippen molar-refractivity contribution in [3.63, 3.8) is 0 Å². The predicted octanol–water partition coefficient (Wildman–Crippen LogP) is 3.05. The number of sulfone groups is 1. The Morgan fingerprint density at radius 2 is 1.52 bits per heavy atom. The summed E-state index contributed by atoms with van der Waals surface area (Å²) in [6.45, 7) is 5.10. The van der Waals surface area contributed by atoms with E-state index in [1.807, 2.05) is 0 Å². The van der Waals surface area contributed by atoms with Gasteiger partial charge in [0.25, 0.3) is 0 Å². The second-order valence-electron chi connectivity index (χ2n) is 4.84. The topological polar surface area (TPSA) is 43.4 Å². The van der Waals surface area contributed by atoms with Crippen LogP contribution in [-0.4, -0.2) is 20.3 Å². The van der Waals surface area contributed by atoms with Crippen LogP contribution in [0.3, 0.4) is 0 Å². The fourth-order valence-corrected chi connectivity index (χ4v) is 3.43. The summed E-state index contributed by atoms with van der Waals surface area (Å²) in [6, 6.07) is 6.41. The van der Waals surface area contributed by atoms with E-state index in [0.717, 1.165) is 0 Å². The molecule has 0 aromatic heterocycles. The smallest absolute Gasteiger partial charge is 0.185 e. The van der Waals surface area contributed by atoms with Crippen LogP contribution in [0.2, 0.25) is 0 Å². The van der Waals surface area contributed by atoms with Crippen LogP contribution in [0.1, 0.15) is 33.6 Å². The van der Waals surface area contributed by atoms with Crippen LogP contribution in [0.25, 0.3) is 0 Å². The van der Waals surface area contributed by atoms with Gasteiger partial charge in [-0.2, -0.15) is 0 Å². The Labute approximate surface area is 127 Å². The molecule has 0 saturated heterocycles. The molecule has 112 valence electrons. The Morgan fingerprint density at radius 3 is 1.90 bits per heavy atom. The molecule has 21 heavy (non-hydrogen) atoms. The van der Waals surface area contributed by atoms with Crippen LogP contribution in [0.5, 0.6) is 5.75 Å². The van der Waals surface area contributed by atoms with Gasteiger partial charge in [-0.1, -0.05) is 0 Å². The van der Waals surface area contributed by atoms with Crippen molar-refractivity contribution in [3.8, 4) is 29.4 Å². The first-order chi connectivity index (χ1) is 9.91. The molecule has 0 radical (unpaired) electrons. The molecule has 0 amide bonds. The second kappa shape index (κ2) is 7.20. The summed E-state index contributed by atoms with van der Waals surface area (Å²) in [4.78, 5) is 0.265. The van der Waals surface area contributed by atoms with Crippen molar-refractivity contribution >= 4 is 9.84 Å². The molecule has 0 aliphatic rings. The van der Waals surface area contributed by atoms with E-state index in [0.29, 0.717) is 5.75 Å². The highest BCUT2D eigenvalue weighted by molar-refractivity contribution is 7.92. The number of hydrogen-bond donors (Lipinski definition) is 0. The van der Waals surface area contributed by atoms with Gasteiger partial charge in [-0.3, -0.25) is 0 Å². The number of hydrogen-bond acceptors (Lipinski definition) is 3. The second-order valence-corrected chi connectivity index (χ2v) is 7.30. The lowest BCUT2D eigenvalue weighted by Crippen LogP contribution is -2.34. The molecule has 3 nitrogen and oxygen atoms in total. The highest BCUT2D eigenvalue weighted by atomic mass is 32.2. The Balaban J connectivity index is 3.28. The van der Waals surface area contributed by atoms with Crippen molar-refractivity contribution in [2.24, 2.45) is 0 Å². The highest BCUT2D eigenvalue weighted by Crippen LogP contribution is 2.32. The van der Waals surface area contributed by atoms with Gasteiger partial charge in [0.1, 0.15) is 5.75 Å². The molecule has 0 aliphatic heterocycles. The zero-order valence-electron chi connectivity index (χ0n) is 12.9. The van der Waals surface area contributed by atoms with Gasteiger partial charge in [-0.25, -0.2) is 8.42 Å². The van der Waals surface area contributed by atoms with E-state index < -0.39 is 14.6 Å². The summed E-state index contributed by atoms with van der Waals surface area (Å²) >= 11 is 0. The molecule has 0 saturated carbocycles. The number of benzene rings is 1. The molecule has 1 aromatic rings. The van der Waals surface area contributed by atoms with Gasteiger partial charge in [0, 0.05) is 12.8 Å².